The Morgan fingerprint density at radius 3 is 1.39 bits per heavy atom. The maximum Gasteiger partial charge on any atom is 0.160 e. The van der Waals surface area contributed by atoms with Crippen LogP contribution in [0.1, 0.15) is 0 Å². The van der Waals surface area contributed by atoms with Crippen molar-refractivity contribution in [2.45, 2.75) is 0 Å². The molecule has 0 bridgehead atoms. The van der Waals surface area contributed by atoms with Crippen molar-refractivity contribution in [3.05, 3.63) is 255 Å². The van der Waals surface area contributed by atoms with Gasteiger partial charge in [0, 0.05) is 38.6 Å². The average molecular weight is 855 g/mol. The Labute approximate surface area is 388 Å². The molecule has 13 rings (SSSR count). The van der Waals surface area contributed by atoms with Gasteiger partial charge in [0.05, 0.1) is 16.7 Å². The highest BCUT2D eigenvalue weighted by molar-refractivity contribution is 6.23. The quantitative estimate of drug-likeness (QED) is 0.152. The number of furan rings is 1. The number of aromatic nitrogens is 1. The molecular weight excluding hydrogens is 813 g/mol. The van der Waals surface area contributed by atoms with E-state index in [0.717, 1.165) is 44.6 Å². The van der Waals surface area contributed by atoms with Crippen LogP contribution in [0, 0.1) is 0 Å². The van der Waals surface area contributed by atoms with Gasteiger partial charge in [-0.2, -0.15) is 0 Å². The van der Waals surface area contributed by atoms with Gasteiger partial charge in [0.2, 0.25) is 0 Å². The van der Waals surface area contributed by atoms with Crippen molar-refractivity contribution in [1.82, 2.24) is 4.57 Å². The van der Waals surface area contributed by atoms with E-state index in [0.29, 0.717) is 0 Å². The lowest BCUT2D eigenvalue weighted by atomic mass is 9.97. The van der Waals surface area contributed by atoms with Gasteiger partial charge in [0.15, 0.2) is 5.58 Å². The van der Waals surface area contributed by atoms with Gasteiger partial charge in [-0.15, -0.1) is 0 Å². The van der Waals surface area contributed by atoms with E-state index in [1.165, 1.54) is 77.2 Å². The van der Waals surface area contributed by atoms with Crippen molar-refractivity contribution >= 4 is 71.6 Å². The highest BCUT2D eigenvalue weighted by atomic mass is 16.3. The lowest BCUT2D eigenvalue weighted by Gasteiger charge is -2.26. The minimum atomic E-state index is 0.868. The van der Waals surface area contributed by atoms with Gasteiger partial charge in [0.25, 0.3) is 0 Å². The molecule has 11 aromatic carbocycles. The molecule has 13 aromatic rings. The Bertz CT molecular complexity index is 3920. The zero-order valence-electron chi connectivity index (χ0n) is 36.6. The van der Waals surface area contributed by atoms with E-state index in [9.17, 15) is 0 Å². The second kappa shape index (κ2) is 16.0. The Hall–Kier alpha value is -8.92. The summed E-state index contributed by atoms with van der Waals surface area (Å²) in [6, 6.07) is 91.7. The number of hydrogen-bond acceptors (Lipinski definition) is 2. The lowest BCUT2D eigenvalue weighted by Crippen LogP contribution is -2.10. The third-order valence-corrected chi connectivity index (χ3v) is 13.4. The Morgan fingerprint density at radius 1 is 0.313 bits per heavy atom. The van der Waals surface area contributed by atoms with Crippen molar-refractivity contribution < 1.29 is 4.42 Å². The van der Waals surface area contributed by atoms with E-state index in [-0.39, 0.29) is 0 Å². The fraction of sp³-hybridized carbons (Fsp3) is 0. The van der Waals surface area contributed by atoms with Gasteiger partial charge < -0.3 is 13.9 Å². The van der Waals surface area contributed by atoms with Crippen LogP contribution >= 0.6 is 0 Å². The van der Waals surface area contributed by atoms with Crippen molar-refractivity contribution in [1.29, 1.82) is 0 Å². The van der Waals surface area contributed by atoms with Crippen molar-refractivity contribution in [2.24, 2.45) is 0 Å². The first-order chi connectivity index (χ1) is 33.2. The summed E-state index contributed by atoms with van der Waals surface area (Å²) in [4.78, 5) is 2.34. The van der Waals surface area contributed by atoms with Crippen LogP contribution in [0.5, 0.6) is 0 Å². The average Bonchev–Trinajstić information content (AvgIpc) is 3.96. The Morgan fingerprint density at radius 2 is 0.761 bits per heavy atom. The first-order valence-corrected chi connectivity index (χ1v) is 22.9. The van der Waals surface area contributed by atoms with Crippen LogP contribution in [-0.2, 0) is 0 Å². The number of benzene rings is 11. The minimum Gasteiger partial charge on any atom is -0.454 e. The molecule has 2 heterocycles. The van der Waals surface area contributed by atoms with Crippen molar-refractivity contribution in [3.8, 4) is 50.2 Å². The third kappa shape index (κ3) is 6.67. The van der Waals surface area contributed by atoms with E-state index < -0.39 is 0 Å². The van der Waals surface area contributed by atoms with Crippen LogP contribution in [-0.4, -0.2) is 4.57 Å². The standard InChI is InChI=1S/C64H42N2O/c1-3-13-43(14-4-1)47-31-36-53(37-32-47)65(61-42-51-15-7-8-18-55(51)63-57-20-10-12-22-62(57)67-64(61)63)54-38-33-48(34-39-54)46-25-23-44(24-26-46)45-27-29-49(30-28-45)50-35-40-60-58(41-50)56-19-9-11-21-59(56)66(60)52-16-5-2-6-17-52/h1-42H. The number of nitrogens with zero attached hydrogens (tertiary/aromatic N) is 2. The molecule has 0 aliphatic heterocycles. The molecule has 0 aliphatic carbocycles. The molecule has 0 aliphatic rings. The molecule has 0 N–H and O–H groups in total. The Kier molecular flexibility index (Phi) is 9.17. The van der Waals surface area contributed by atoms with Gasteiger partial charge in [-0.25, -0.2) is 0 Å². The molecule has 0 saturated carbocycles. The highest BCUT2D eigenvalue weighted by Crippen LogP contribution is 2.46. The van der Waals surface area contributed by atoms with Crippen LogP contribution in [0.4, 0.5) is 17.1 Å². The molecule has 0 amide bonds. The molecular formula is C64H42N2O. The van der Waals surface area contributed by atoms with Gasteiger partial charge in [0.1, 0.15) is 5.58 Å². The van der Waals surface area contributed by atoms with E-state index in [4.69, 9.17) is 4.42 Å². The molecule has 67 heavy (non-hydrogen) atoms. The maximum absolute atomic E-state index is 6.78. The number of fused-ring (bicyclic) bond motifs is 8. The molecule has 0 atom stereocenters. The molecule has 2 aromatic heterocycles. The number of hydrogen-bond donors (Lipinski definition) is 0. The molecule has 0 radical (unpaired) electrons. The third-order valence-electron chi connectivity index (χ3n) is 13.4. The second-order valence-electron chi connectivity index (χ2n) is 17.3. The van der Waals surface area contributed by atoms with Gasteiger partial charge in [-0.1, -0.05) is 188 Å². The van der Waals surface area contributed by atoms with Crippen LogP contribution in [0.15, 0.2) is 259 Å². The van der Waals surface area contributed by atoms with Gasteiger partial charge in [-0.3, -0.25) is 0 Å². The van der Waals surface area contributed by atoms with Gasteiger partial charge >= 0.3 is 0 Å². The fourth-order valence-corrected chi connectivity index (χ4v) is 10.1. The molecule has 3 heteroatoms. The Balaban J connectivity index is 0.822. The fourth-order valence-electron chi connectivity index (χ4n) is 10.1. The predicted molar refractivity (Wildman–Crippen MR) is 282 cm³/mol. The number of rotatable bonds is 8. The maximum atomic E-state index is 6.78. The monoisotopic (exact) mass is 854 g/mol. The normalized spacial score (nSPS) is 11.6. The van der Waals surface area contributed by atoms with E-state index in [1.54, 1.807) is 0 Å². The number of para-hydroxylation sites is 3. The largest absolute Gasteiger partial charge is 0.454 e. The second-order valence-corrected chi connectivity index (χ2v) is 17.3. The van der Waals surface area contributed by atoms with Crippen LogP contribution < -0.4 is 4.90 Å². The van der Waals surface area contributed by atoms with E-state index >= 15 is 0 Å². The summed E-state index contributed by atoms with van der Waals surface area (Å²) in [5, 5.41) is 7.11. The first-order valence-electron chi connectivity index (χ1n) is 22.9. The zero-order chi connectivity index (χ0) is 44.3. The van der Waals surface area contributed by atoms with Crippen LogP contribution in [0.3, 0.4) is 0 Å². The molecule has 314 valence electrons. The topological polar surface area (TPSA) is 21.3 Å². The van der Waals surface area contributed by atoms with Crippen molar-refractivity contribution in [2.75, 3.05) is 4.90 Å². The van der Waals surface area contributed by atoms with E-state index in [1.807, 2.05) is 6.07 Å². The smallest absolute Gasteiger partial charge is 0.160 e. The van der Waals surface area contributed by atoms with E-state index in [2.05, 4.69) is 258 Å². The first kappa shape index (κ1) is 38.5. The van der Waals surface area contributed by atoms with Crippen LogP contribution in [0.2, 0.25) is 0 Å². The zero-order valence-corrected chi connectivity index (χ0v) is 36.6. The summed E-state index contributed by atoms with van der Waals surface area (Å²) in [7, 11) is 0. The molecule has 0 unspecified atom stereocenters. The summed E-state index contributed by atoms with van der Waals surface area (Å²) in [6.07, 6.45) is 0. The predicted octanol–water partition coefficient (Wildman–Crippen LogP) is 18.0. The summed E-state index contributed by atoms with van der Waals surface area (Å²) >= 11 is 0. The van der Waals surface area contributed by atoms with Crippen molar-refractivity contribution in [3.63, 3.8) is 0 Å². The van der Waals surface area contributed by atoms with Gasteiger partial charge in [-0.05, 0) is 122 Å². The molecule has 0 fully saturated rings. The summed E-state index contributed by atoms with van der Waals surface area (Å²) < 4.78 is 9.14. The number of anilines is 3. The summed E-state index contributed by atoms with van der Waals surface area (Å²) in [5.74, 6) is 0. The lowest BCUT2D eigenvalue weighted by molar-refractivity contribution is 0.669. The van der Waals surface area contributed by atoms with Crippen LogP contribution in [0.25, 0.3) is 105 Å². The minimum absolute atomic E-state index is 0.868. The summed E-state index contributed by atoms with van der Waals surface area (Å²) in [6.45, 7) is 0. The SMILES string of the molecule is c1ccc(-c2ccc(N(c3ccc(-c4ccc(-c5ccc(-c6ccc7c(c6)c6ccccc6n7-c6ccccc6)cc5)cc4)cc3)c3cc4ccccc4c4c3oc3ccccc34)cc2)cc1. The summed E-state index contributed by atoms with van der Waals surface area (Å²) in [5.41, 5.74) is 17.9. The molecule has 3 nitrogen and oxygen atoms in total. The highest BCUT2D eigenvalue weighted by Gasteiger charge is 2.22. The molecule has 0 spiro atoms. The molecule has 0 saturated heterocycles.